The number of aromatic hydroxyl groups is 1. The SMILES string of the molecule is O=S(=O)([O-])C(F)(F)F.O=c1c2ccccc2n(Cc2cccc(O)c2)c2ccc([S+](c3ccc(F)cc3)c3ccc(F)cc3)cc12. The second kappa shape index (κ2) is 12.9. The third-order valence-electron chi connectivity index (χ3n) is 6.81. The Balaban J connectivity index is 0.000000463. The van der Waals surface area contributed by atoms with Gasteiger partial charge in [0.05, 0.1) is 27.3 Å². The number of rotatable bonds is 5. The first kappa shape index (κ1) is 32.7. The van der Waals surface area contributed by atoms with Gasteiger partial charge < -0.3 is 14.2 Å². The molecule has 0 aliphatic heterocycles. The largest absolute Gasteiger partial charge is 0.741 e. The number of alkyl halides is 3. The summed E-state index contributed by atoms with van der Waals surface area (Å²) in [5.41, 5.74) is -3.25. The standard InChI is InChI=1S/C32H21F2NO2S.CHF3O3S/c33-22-8-12-25(13-9-22)38(26-14-10-23(34)11-15-26)27-16-17-31-29(19-27)32(37)28-6-1-2-7-30(28)35(31)20-21-4-3-5-24(36)18-21;2-1(3,4)8(5,6)7/h1-19H,20H2;(H,5,6,7). The third-order valence-corrected chi connectivity index (χ3v) is 9.59. The molecule has 0 fully saturated rings. The van der Waals surface area contributed by atoms with Gasteiger partial charge in [0.25, 0.3) is 0 Å². The van der Waals surface area contributed by atoms with E-state index in [1.165, 1.54) is 24.3 Å². The Bertz CT molecular complexity index is 2160. The van der Waals surface area contributed by atoms with E-state index in [1.54, 1.807) is 42.5 Å². The smallest absolute Gasteiger partial charge is 0.485 e. The van der Waals surface area contributed by atoms with E-state index in [0.717, 1.165) is 31.3 Å². The van der Waals surface area contributed by atoms with Gasteiger partial charge in [-0.2, -0.15) is 13.2 Å². The lowest BCUT2D eigenvalue weighted by Gasteiger charge is -2.16. The number of hydrogen-bond acceptors (Lipinski definition) is 5. The minimum atomic E-state index is -6.09. The number of para-hydroxylation sites is 1. The maximum absolute atomic E-state index is 13.8. The van der Waals surface area contributed by atoms with Gasteiger partial charge in [-0.3, -0.25) is 4.79 Å². The molecular weight excluding hydrogens is 649 g/mol. The zero-order chi connectivity index (χ0) is 33.2. The molecule has 1 heterocycles. The number of pyridine rings is 1. The topological polar surface area (TPSA) is 99.4 Å². The Morgan fingerprint density at radius 1 is 0.696 bits per heavy atom. The third kappa shape index (κ3) is 7.06. The maximum atomic E-state index is 13.8. The summed E-state index contributed by atoms with van der Waals surface area (Å²) in [6, 6.07) is 33.0. The molecule has 1 N–H and O–H groups in total. The molecule has 0 aliphatic rings. The van der Waals surface area contributed by atoms with E-state index in [1.807, 2.05) is 48.5 Å². The lowest BCUT2D eigenvalue weighted by Crippen LogP contribution is -2.21. The van der Waals surface area contributed by atoms with Crippen molar-refractivity contribution in [2.45, 2.75) is 26.7 Å². The Kier molecular flexibility index (Phi) is 9.20. The molecule has 0 bridgehead atoms. The quantitative estimate of drug-likeness (QED) is 0.0681. The summed E-state index contributed by atoms with van der Waals surface area (Å²) in [6.07, 6.45) is 0. The molecule has 0 saturated heterocycles. The summed E-state index contributed by atoms with van der Waals surface area (Å²) < 4.78 is 88.5. The first-order valence-electron chi connectivity index (χ1n) is 13.3. The molecule has 6 rings (SSSR count). The van der Waals surface area contributed by atoms with Crippen LogP contribution in [0.3, 0.4) is 0 Å². The van der Waals surface area contributed by atoms with Crippen molar-refractivity contribution in [3.05, 3.63) is 143 Å². The van der Waals surface area contributed by atoms with Crippen LogP contribution in [0.25, 0.3) is 21.8 Å². The number of nitrogens with zero attached hydrogens (tertiary/aromatic N) is 1. The molecule has 0 atom stereocenters. The number of hydrogen-bond donors (Lipinski definition) is 1. The minimum absolute atomic E-state index is 0.0774. The van der Waals surface area contributed by atoms with Gasteiger partial charge in [0.15, 0.2) is 30.2 Å². The summed E-state index contributed by atoms with van der Waals surface area (Å²) in [6.45, 7) is 0.465. The van der Waals surface area contributed by atoms with Gasteiger partial charge >= 0.3 is 5.51 Å². The highest BCUT2D eigenvalue weighted by molar-refractivity contribution is 7.97. The van der Waals surface area contributed by atoms with Crippen molar-refractivity contribution in [2.24, 2.45) is 0 Å². The monoisotopic (exact) mass is 671 g/mol. The summed E-state index contributed by atoms with van der Waals surface area (Å²) in [5.74, 6) is -0.491. The maximum Gasteiger partial charge on any atom is 0.485 e. The van der Waals surface area contributed by atoms with E-state index >= 15 is 0 Å². The molecule has 0 aliphatic carbocycles. The lowest BCUT2D eigenvalue weighted by molar-refractivity contribution is -0.0517. The van der Waals surface area contributed by atoms with E-state index in [2.05, 4.69) is 4.57 Å². The summed E-state index contributed by atoms with van der Waals surface area (Å²) >= 11 is 0. The van der Waals surface area contributed by atoms with Crippen LogP contribution in [0, 0.1) is 11.6 Å². The molecule has 0 spiro atoms. The highest BCUT2D eigenvalue weighted by Crippen LogP contribution is 2.34. The number of phenolic OH excluding ortho intramolecular Hbond substituents is 1. The van der Waals surface area contributed by atoms with E-state index in [9.17, 15) is 31.9 Å². The first-order chi connectivity index (χ1) is 21.7. The summed E-state index contributed by atoms with van der Waals surface area (Å²) in [5, 5.41) is 11.2. The number of benzene rings is 5. The highest BCUT2D eigenvalue weighted by atomic mass is 32.2. The van der Waals surface area contributed by atoms with Gasteiger partial charge in [-0.1, -0.05) is 24.3 Å². The highest BCUT2D eigenvalue weighted by Gasteiger charge is 2.37. The molecular formula is C33H22F5NO5S2. The molecule has 0 unspecified atom stereocenters. The van der Waals surface area contributed by atoms with Gasteiger partial charge in [-0.25, -0.2) is 17.2 Å². The Morgan fingerprint density at radius 3 is 1.76 bits per heavy atom. The molecule has 46 heavy (non-hydrogen) atoms. The van der Waals surface area contributed by atoms with Crippen LogP contribution < -0.4 is 5.43 Å². The molecule has 6 aromatic rings. The van der Waals surface area contributed by atoms with Crippen molar-refractivity contribution >= 4 is 42.8 Å². The first-order valence-corrected chi connectivity index (χ1v) is 16.0. The second-order valence-corrected chi connectivity index (χ2v) is 13.3. The normalized spacial score (nSPS) is 11.9. The molecule has 0 amide bonds. The number of phenols is 1. The molecule has 5 aromatic carbocycles. The van der Waals surface area contributed by atoms with Crippen LogP contribution in [0.4, 0.5) is 22.0 Å². The van der Waals surface area contributed by atoms with Gasteiger partial charge in [0.1, 0.15) is 17.4 Å². The van der Waals surface area contributed by atoms with Crippen LogP contribution in [0.1, 0.15) is 5.56 Å². The van der Waals surface area contributed by atoms with Crippen molar-refractivity contribution in [3.63, 3.8) is 0 Å². The fourth-order valence-electron chi connectivity index (χ4n) is 4.79. The van der Waals surface area contributed by atoms with Gasteiger partial charge in [-0.15, -0.1) is 0 Å². The van der Waals surface area contributed by atoms with Crippen LogP contribution in [0.15, 0.2) is 135 Å². The van der Waals surface area contributed by atoms with Crippen molar-refractivity contribution in [1.82, 2.24) is 4.57 Å². The van der Waals surface area contributed by atoms with Crippen molar-refractivity contribution in [2.75, 3.05) is 0 Å². The second-order valence-electron chi connectivity index (χ2n) is 9.90. The van der Waals surface area contributed by atoms with Crippen molar-refractivity contribution in [1.29, 1.82) is 0 Å². The zero-order valence-electron chi connectivity index (χ0n) is 23.4. The molecule has 6 nitrogen and oxygen atoms in total. The van der Waals surface area contributed by atoms with Crippen LogP contribution in [0.5, 0.6) is 5.75 Å². The van der Waals surface area contributed by atoms with Gasteiger partial charge in [0.2, 0.25) is 0 Å². The Morgan fingerprint density at radius 2 is 1.22 bits per heavy atom. The summed E-state index contributed by atoms with van der Waals surface area (Å²) in [7, 11) is -6.78. The van der Waals surface area contributed by atoms with Crippen LogP contribution in [0.2, 0.25) is 0 Å². The number of fused-ring (bicyclic) bond motifs is 2. The van der Waals surface area contributed by atoms with Gasteiger partial charge in [0, 0.05) is 18.0 Å². The van der Waals surface area contributed by atoms with E-state index < -0.39 is 26.5 Å². The Hall–Kier alpha value is -4.72. The van der Waals surface area contributed by atoms with Crippen LogP contribution in [-0.2, 0) is 27.6 Å². The molecule has 1 aromatic heterocycles. The number of halogens is 5. The number of aromatic nitrogens is 1. The molecule has 13 heteroatoms. The fourth-order valence-corrected chi connectivity index (χ4v) is 6.87. The average Bonchev–Trinajstić information content (AvgIpc) is 3.01. The minimum Gasteiger partial charge on any atom is -0.741 e. The van der Waals surface area contributed by atoms with E-state index in [4.69, 9.17) is 13.0 Å². The van der Waals surface area contributed by atoms with Crippen LogP contribution in [-0.4, -0.2) is 28.2 Å². The van der Waals surface area contributed by atoms with Crippen molar-refractivity contribution in [3.8, 4) is 5.75 Å². The Labute approximate surface area is 262 Å². The van der Waals surface area contributed by atoms with Crippen LogP contribution >= 0.6 is 0 Å². The fraction of sp³-hybridized carbons (Fsp3) is 0.0606. The van der Waals surface area contributed by atoms with Gasteiger partial charge in [-0.05, 0) is 90.5 Å². The molecule has 0 radical (unpaired) electrons. The lowest BCUT2D eigenvalue weighted by atomic mass is 10.1. The van der Waals surface area contributed by atoms with E-state index in [0.29, 0.717) is 17.3 Å². The summed E-state index contributed by atoms with van der Waals surface area (Å²) in [4.78, 5) is 16.3. The zero-order valence-corrected chi connectivity index (χ0v) is 25.0. The predicted molar refractivity (Wildman–Crippen MR) is 164 cm³/mol. The molecule has 236 valence electrons. The predicted octanol–water partition coefficient (Wildman–Crippen LogP) is 7.33. The van der Waals surface area contributed by atoms with Crippen molar-refractivity contribution < 1.29 is 40.0 Å². The average molecular weight is 672 g/mol. The molecule has 0 saturated carbocycles. The van der Waals surface area contributed by atoms with E-state index in [-0.39, 0.29) is 22.8 Å².